The van der Waals surface area contributed by atoms with Crippen molar-refractivity contribution in [3.63, 3.8) is 0 Å². The van der Waals surface area contributed by atoms with E-state index in [4.69, 9.17) is 19.4 Å². The van der Waals surface area contributed by atoms with E-state index in [1.807, 2.05) is 30.3 Å². The molecule has 0 aliphatic carbocycles. The molecule has 0 aliphatic heterocycles. The minimum absolute atomic E-state index is 0.549. The van der Waals surface area contributed by atoms with Gasteiger partial charge in [-0.25, -0.2) is 15.0 Å². The minimum Gasteiger partial charge on any atom is -0.455 e. The summed E-state index contributed by atoms with van der Waals surface area (Å²) in [4.78, 5) is 15.7. The zero-order valence-electron chi connectivity index (χ0n) is 31.4. The van der Waals surface area contributed by atoms with Crippen LogP contribution in [0.2, 0.25) is 0 Å². The van der Waals surface area contributed by atoms with Gasteiger partial charge in [-0.3, -0.25) is 0 Å². The predicted octanol–water partition coefficient (Wildman–Crippen LogP) is 14.5. The molecule has 0 saturated heterocycles. The average molecular weight is 771 g/mol. The Labute approximate surface area is 341 Å². The van der Waals surface area contributed by atoms with Gasteiger partial charge in [0, 0.05) is 58.5 Å². The molecular formula is C53H30N4OS. The second-order valence-corrected chi connectivity index (χ2v) is 16.3. The Kier molecular flexibility index (Phi) is 6.82. The van der Waals surface area contributed by atoms with Gasteiger partial charge in [-0.2, -0.15) is 0 Å². The smallest absolute Gasteiger partial charge is 0.167 e. The SMILES string of the molecule is c1ccc(-c2nc(-c3ccc4c(c3)sc3ccccc34)nc(-c3cc(-n4c5cc6ccccc6cc5c5c6ccccc6ccc54)cc4c3oc3ccccc34)n2)cc1. The molecule has 6 heteroatoms. The van der Waals surface area contributed by atoms with E-state index < -0.39 is 0 Å². The molecule has 0 radical (unpaired) electrons. The second-order valence-electron chi connectivity index (χ2n) is 15.2. The highest BCUT2D eigenvalue weighted by molar-refractivity contribution is 7.25. The van der Waals surface area contributed by atoms with Crippen LogP contribution in [0.1, 0.15) is 0 Å². The molecule has 13 rings (SSSR count). The maximum Gasteiger partial charge on any atom is 0.167 e. The highest BCUT2D eigenvalue weighted by atomic mass is 32.1. The standard InChI is InChI=1S/C53H30N4OS/c1-2-13-32(14-3-1)51-54-52(35-22-24-40-39-19-9-11-21-47(39)59-48(40)28-35)56-53(55-51)43-30-36(29-41-38-18-8-10-20-46(38)58-50(41)43)57-44-25-23-31-12-6-7-17-37(31)49(44)42-26-33-15-4-5-16-34(33)27-45(42)57/h1-30H. The summed E-state index contributed by atoms with van der Waals surface area (Å²) in [5.74, 6) is 1.76. The molecule has 0 bridgehead atoms. The van der Waals surface area contributed by atoms with Crippen LogP contribution in [0.4, 0.5) is 0 Å². The first-order valence-electron chi connectivity index (χ1n) is 19.8. The van der Waals surface area contributed by atoms with Gasteiger partial charge in [0.05, 0.1) is 16.6 Å². The molecule has 274 valence electrons. The van der Waals surface area contributed by atoms with Crippen LogP contribution >= 0.6 is 11.3 Å². The summed E-state index contributed by atoms with van der Waals surface area (Å²) in [6.45, 7) is 0. The topological polar surface area (TPSA) is 56.7 Å². The number of aromatic nitrogens is 4. The normalized spacial score (nSPS) is 12.1. The quantitative estimate of drug-likeness (QED) is 0.179. The van der Waals surface area contributed by atoms with E-state index in [0.717, 1.165) is 55.3 Å². The highest BCUT2D eigenvalue weighted by Gasteiger charge is 2.23. The Morgan fingerprint density at radius 1 is 0.407 bits per heavy atom. The summed E-state index contributed by atoms with van der Waals surface area (Å²) in [5, 5.41) is 11.8. The Balaban J connectivity index is 1.13. The predicted molar refractivity (Wildman–Crippen MR) is 246 cm³/mol. The van der Waals surface area contributed by atoms with Crippen LogP contribution in [0.3, 0.4) is 0 Å². The summed E-state index contributed by atoms with van der Waals surface area (Å²) in [6.07, 6.45) is 0. The van der Waals surface area contributed by atoms with Crippen LogP contribution in [0, 0.1) is 0 Å². The lowest BCUT2D eigenvalue weighted by atomic mass is 10.0. The lowest BCUT2D eigenvalue weighted by Crippen LogP contribution is -2.01. The monoisotopic (exact) mass is 770 g/mol. The molecule has 9 aromatic carbocycles. The Hall–Kier alpha value is -7.67. The molecule has 13 aromatic rings. The molecule has 4 aromatic heterocycles. The molecule has 4 heterocycles. The van der Waals surface area contributed by atoms with E-state index in [-0.39, 0.29) is 0 Å². The van der Waals surface area contributed by atoms with E-state index >= 15 is 0 Å². The van der Waals surface area contributed by atoms with Gasteiger partial charge in [0.15, 0.2) is 17.5 Å². The number of hydrogen-bond acceptors (Lipinski definition) is 5. The van der Waals surface area contributed by atoms with Crippen molar-refractivity contribution in [1.29, 1.82) is 0 Å². The lowest BCUT2D eigenvalue weighted by Gasteiger charge is -2.13. The maximum absolute atomic E-state index is 6.78. The molecular weight excluding hydrogens is 741 g/mol. The fourth-order valence-corrected chi connectivity index (χ4v) is 10.2. The lowest BCUT2D eigenvalue weighted by molar-refractivity contribution is 0.669. The largest absolute Gasteiger partial charge is 0.455 e. The summed E-state index contributed by atoms with van der Waals surface area (Å²) in [7, 11) is 0. The molecule has 0 spiro atoms. The molecule has 0 N–H and O–H groups in total. The van der Waals surface area contributed by atoms with Crippen LogP contribution in [0.5, 0.6) is 0 Å². The average Bonchev–Trinajstić information content (AvgIpc) is 3.97. The molecule has 5 nitrogen and oxygen atoms in total. The van der Waals surface area contributed by atoms with Crippen LogP contribution in [-0.2, 0) is 0 Å². The number of rotatable bonds is 4. The Bertz CT molecular complexity index is 3860. The molecule has 0 unspecified atom stereocenters. The number of nitrogens with zero attached hydrogens (tertiary/aromatic N) is 4. The van der Waals surface area contributed by atoms with E-state index in [2.05, 4.69) is 156 Å². The van der Waals surface area contributed by atoms with E-state index in [0.29, 0.717) is 17.5 Å². The summed E-state index contributed by atoms with van der Waals surface area (Å²) in [6, 6.07) is 64.5. The maximum atomic E-state index is 6.78. The van der Waals surface area contributed by atoms with Crippen molar-refractivity contribution < 1.29 is 4.42 Å². The fourth-order valence-electron chi connectivity index (χ4n) is 9.06. The van der Waals surface area contributed by atoms with Crippen LogP contribution < -0.4 is 0 Å². The van der Waals surface area contributed by atoms with Crippen LogP contribution in [-0.4, -0.2) is 19.5 Å². The number of furan rings is 1. The Morgan fingerprint density at radius 2 is 1.08 bits per heavy atom. The summed E-state index contributed by atoms with van der Waals surface area (Å²) < 4.78 is 11.6. The van der Waals surface area contributed by atoms with Gasteiger partial charge in [-0.15, -0.1) is 11.3 Å². The summed E-state index contributed by atoms with van der Waals surface area (Å²) in [5.41, 5.74) is 7.46. The second kappa shape index (κ2) is 12.4. The van der Waals surface area contributed by atoms with Crippen molar-refractivity contribution in [3.05, 3.63) is 182 Å². The fraction of sp³-hybridized carbons (Fsp3) is 0. The third-order valence-electron chi connectivity index (χ3n) is 11.8. The zero-order chi connectivity index (χ0) is 38.6. The van der Waals surface area contributed by atoms with E-state index in [1.54, 1.807) is 11.3 Å². The zero-order valence-corrected chi connectivity index (χ0v) is 32.2. The number of thiophene rings is 1. The number of para-hydroxylation sites is 1. The molecule has 59 heavy (non-hydrogen) atoms. The highest BCUT2D eigenvalue weighted by Crippen LogP contribution is 2.43. The van der Waals surface area contributed by atoms with Crippen molar-refractivity contribution >= 4 is 96.8 Å². The van der Waals surface area contributed by atoms with Crippen molar-refractivity contribution in [1.82, 2.24) is 19.5 Å². The molecule has 0 aliphatic rings. The van der Waals surface area contributed by atoms with Gasteiger partial charge < -0.3 is 8.98 Å². The summed E-state index contributed by atoms with van der Waals surface area (Å²) >= 11 is 1.79. The third kappa shape index (κ3) is 4.94. The van der Waals surface area contributed by atoms with Gasteiger partial charge >= 0.3 is 0 Å². The number of fused-ring (bicyclic) bond motifs is 12. The van der Waals surface area contributed by atoms with Gasteiger partial charge in [-0.1, -0.05) is 133 Å². The van der Waals surface area contributed by atoms with E-state index in [1.165, 1.54) is 52.5 Å². The first kappa shape index (κ1) is 32.4. The van der Waals surface area contributed by atoms with Crippen LogP contribution in [0.25, 0.3) is 125 Å². The van der Waals surface area contributed by atoms with E-state index in [9.17, 15) is 0 Å². The molecule has 0 atom stereocenters. The molecule has 0 amide bonds. The van der Waals surface area contributed by atoms with Gasteiger partial charge in [0.25, 0.3) is 0 Å². The van der Waals surface area contributed by atoms with Crippen LogP contribution in [0.15, 0.2) is 186 Å². The molecule has 0 saturated carbocycles. The van der Waals surface area contributed by atoms with Gasteiger partial charge in [-0.05, 0) is 70.1 Å². The van der Waals surface area contributed by atoms with Gasteiger partial charge in [0.1, 0.15) is 11.2 Å². The van der Waals surface area contributed by atoms with Gasteiger partial charge in [0.2, 0.25) is 0 Å². The Morgan fingerprint density at radius 3 is 1.95 bits per heavy atom. The van der Waals surface area contributed by atoms with Crippen molar-refractivity contribution in [2.75, 3.05) is 0 Å². The van der Waals surface area contributed by atoms with Crippen molar-refractivity contribution in [2.45, 2.75) is 0 Å². The first-order chi connectivity index (χ1) is 29.2. The molecule has 0 fully saturated rings. The van der Waals surface area contributed by atoms with Crippen molar-refractivity contribution in [3.8, 4) is 39.9 Å². The minimum atomic E-state index is 0.549. The van der Waals surface area contributed by atoms with Crippen molar-refractivity contribution in [2.24, 2.45) is 0 Å². The number of benzene rings is 9. The third-order valence-corrected chi connectivity index (χ3v) is 12.9. The number of hydrogen-bond donors (Lipinski definition) is 0. The first-order valence-corrected chi connectivity index (χ1v) is 20.6.